The zero-order valence-electron chi connectivity index (χ0n) is 22.8. The van der Waals surface area contributed by atoms with Crippen LogP contribution in [-0.4, -0.2) is 78.6 Å². The summed E-state index contributed by atoms with van der Waals surface area (Å²) in [5.41, 5.74) is 1.91. The lowest BCUT2D eigenvalue weighted by Gasteiger charge is -2.46. The molecule has 7 nitrogen and oxygen atoms in total. The van der Waals surface area contributed by atoms with Crippen LogP contribution in [0.3, 0.4) is 0 Å². The van der Waals surface area contributed by atoms with Crippen molar-refractivity contribution in [2.75, 3.05) is 31.1 Å². The van der Waals surface area contributed by atoms with Gasteiger partial charge in [0.15, 0.2) is 0 Å². The number of aliphatic hydroxyl groups excluding tert-OH is 1. The van der Waals surface area contributed by atoms with Gasteiger partial charge in [0, 0.05) is 36.3 Å². The van der Waals surface area contributed by atoms with Crippen molar-refractivity contribution < 1.29 is 19.2 Å². The van der Waals surface area contributed by atoms with Gasteiger partial charge in [-0.1, -0.05) is 26.0 Å². The number of carbonyl (C=O) groups excluding carboxylic acids is 1. The number of piperidine rings is 1. The van der Waals surface area contributed by atoms with E-state index in [9.17, 15) is 9.90 Å². The third-order valence-electron chi connectivity index (χ3n) is 10.3. The summed E-state index contributed by atoms with van der Waals surface area (Å²) in [5, 5.41) is 13.9. The number of hydrogen-bond acceptors (Lipinski definition) is 6. The Bertz CT molecular complexity index is 1040. The highest BCUT2D eigenvalue weighted by molar-refractivity contribution is 6.62. The SMILES string of the molecule is CC1(C)CN([C@H]2C[C@@H](N3C(=O)C4(CCNCC4)c4ccc(B5OC(C)(C)C(C)(C)O5)cc43)C2)CC1O. The van der Waals surface area contributed by atoms with Gasteiger partial charge in [-0.25, -0.2) is 0 Å². The van der Waals surface area contributed by atoms with Crippen LogP contribution < -0.4 is 15.7 Å². The molecule has 2 N–H and O–H groups in total. The largest absolute Gasteiger partial charge is 0.494 e. The zero-order chi connectivity index (χ0) is 25.7. The van der Waals surface area contributed by atoms with Crippen LogP contribution in [0, 0.1) is 5.41 Å². The van der Waals surface area contributed by atoms with Crippen LogP contribution in [0.15, 0.2) is 18.2 Å². The number of aliphatic hydroxyl groups is 1. The molecule has 1 aromatic carbocycles. The summed E-state index contributed by atoms with van der Waals surface area (Å²) < 4.78 is 12.7. The van der Waals surface area contributed by atoms with Crippen LogP contribution >= 0.6 is 0 Å². The van der Waals surface area contributed by atoms with E-state index in [1.54, 1.807) is 0 Å². The lowest BCUT2D eigenvalue weighted by atomic mass is 9.72. The number of β-amino-alcohol motifs (C(OH)–C–C–N with tert-alkyl or cyclic N) is 1. The van der Waals surface area contributed by atoms with Crippen molar-refractivity contribution in [1.82, 2.24) is 10.2 Å². The highest BCUT2D eigenvalue weighted by Crippen LogP contribution is 2.50. The maximum atomic E-state index is 14.2. The molecule has 1 spiro atoms. The van der Waals surface area contributed by atoms with Crippen LogP contribution in [0.2, 0.25) is 0 Å². The Morgan fingerprint density at radius 1 is 1.00 bits per heavy atom. The van der Waals surface area contributed by atoms with Gasteiger partial charge in [-0.15, -0.1) is 0 Å². The molecular weight excluding hydrogens is 453 g/mol. The van der Waals surface area contributed by atoms with Crippen molar-refractivity contribution in [2.24, 2.45) is 5.41 Å². The molecule has 0 radical (unpaired) electrons. The quantitative estimate of drug-likeness (QED) is 0.627. The van der Waals surface area contributed by atoms with E-state index in [2.05, 4.69) is 74.9 Å². The van der Waals surface area contributed by atoms with E-state index < -0.39 is 23.7 Å². The molecule has 196 valence electrons. The van der Waals surface area contributed by atoms with Crippen LogP contribution in [0.25, 0.3) is 0 Å². The second kappa shape index (κ2) is 8.03. The summed E-state index contributed by atoms with van der Waals surface area (Å²) in [6, 6.07) is 7.08. The fourth-order valence-electron chi connectivity index (χ4n) is 6.94. The van der Waals surface area contributed by atoms with Gasteiger partial charge < -0.3 is 24.6 Å². The fraction of sp³-hybridized carbons (Fsp3) is 0.750. The number of fused-ring (bicyclic) bond motifs is 2. The Balaban J connectivity index is 1.29. The standard InChI is InChI=1S/C28H42BN3O4/c1-25(2)17-31(16-23(25)33)19-14-20(15-19)32-22-13-18(29-35-26(3,4)27(5,6)36-29)7-8-21(22)28(24(32)34)9-11-30-12-10-28/h7-8,13,19-20,23,30,33H,9-12,14-17H2,1-6H3/t19-,20+,23?. The number of anilines is 1. The Kier molecular flexibility index (Phi) is 5.55. The highest BCUT2D eigenvalue weighted by Gasteiger charge is 2.57. The number of carbonyl (C=O) groups is 1. The second-order valence-corrected chi connectivity index (χ2v) is 13.6. The molecule has 1 aliphatic carbocycles. The summed E-state index contributed by atoms with van der Waals surface area (Å²) in [4.78, 5) is 18.7. The lowest BCUT2D eigenvalue weighted by Crippen LogP contribution is -2.57. The van der Waals surface area contributed by atoms with Gasteiger partial charge in [-0.3, -0.25) is 9.69 Å². The summed E-state index contributed by atoms with van der Waals surface area (Å²) in [5.74, 6) is 0.273. The van der Waals surface area contributed by atoms with Crippen LogP contribution in [0.1, 0.15) is 72.8 Å². The molecule has 1 atom stereocenters. The summed E-state index contributed by atoms with van der Waals surface area (Å²) in [6.45, 7) is 16.0. The first-order chi connectivity index (χ1) is 16.8. The van der Waals surface area contributed by atoms with E-state index >= 15 is 0 Å². The van der Waals surface area contributed by atoms with Crippen molar-refractivity contribution >= 4 is 24.2 Å². The molecule has 4 heterocycles. The van der Waals surface area contributed by atoms with E-state index in [4.69, 9.17) is 9.31 Å². The number of rotatable bonds is 3. The van der Waals surface area contributed by atoms with Crippen molar-refractivity contribution in [2.45, 2.75) is 102 Å². The molecule has 0 aromatic heterocycles. The number of amides is 1. The van der Waals surface area contributed by atoms with Crippen molar-refractivity contribution in [3.63, 3.8) is 0 Å². The van der Waals surface area contributed by atoms with E-state index in [1.807, 2.05) is 0 Å². The summed E-state index contributed by atoms with van der Waals surface area (Å²) in [6.07, 6.45) is 3.32. The minimum Gasteiger partial charge on any atom is -0.399 e. The first-order valence-corrected chi connectivity index (χ1v) is 13.8. The number of hydrogen-bond donors (Lipinski definition) is 2. The van der Waals surface area contributed by atoms with E-state index in [0.29, 0.717) is 6.04 Å². The second-order valence-electron chi connectivity index (χ2n) is 13.6. The normalized spacial score (nSPS) is 34.3. The molecule has 36 heavy (non-hydrogen) atoms. The topological polar surface area (TPSA) is 74.3 Å². The number of benzene rings is 1. The van der Waals surface area contributed by atoms with Crippen molar-refractivity contribution in [3.8, 4) is 0 Å². The first kappa shape index (κ1) is 24.9. The predicted octanol–water partition coefficient (Wildman–Crippen LogP) is 2.19. The minimum atomic E-state index is -0.440. The number of likely N-dealkylation sites (tertiary alicyclic amines) is 1. The molecule has 6 rings (SSSR count). The van der Waals surface area contributed by atoms with Gasteiger partial charge >= 0.3 is 7.12 Å². The molecule has 5 aliphatic rings. The van der Waals surface area contributed by atoms with Gasteiger partial charge in [0.25, 0.3) is 0 Å². The molecule has 3 saturated heterocycles. The van der Waals surface area contributed by atoms with Gasteiger partial charge in [-0.2, -0.15) is 0 Å². The first-order valence-electron chi connectivity index (χ1n) is 13.8. The van der Waals surface area contributed by atoms with Crippen LogP contribution in [-0.2, 0) is 19.5 Å². The average Bonchev–Trinajstić information content (AvgIpc) is 3.27. The molecular formula is C28H42BN3O4. The monoisotopic (exact) mass is 495 g/mol. The van der Waals surface area contributed by atoms with Gasteiger partial charge in [0.1, 0.15) is 0 Å². The van der Waals surface area contributed by atoms with Crippen molar-refractivity contribution in [3.05, 3.63) is 23.8 Å². The smallest absolute Gasteiger partial charge is 0.399 e. The van der Waals surface area contributed by atoms with E-state index in [1.165, 1.54) is 5.56 Å². The van der Waals surface area contributed by atoms with Crippen LogP contribution in [0.5, 0.6) is 0 Å². The van der Waals surface area contributed by atoms with E-state index in [-0.39, 0.29) is 23.5 Å². The predicted molar refractivity (Wildman–Crippen MR) is 142 cm³/mol. The zero-order valence-corrected chi connectivity index (χ0v) is 22.8. The van der Waals surface area contributed by atoms with Gasteiger partial charge in [0.05, 0.1) is 22.7 Å². The molecule has 4 fully saturated rings. The molecule has 8 heteroatoms. The Hall–Kier alpha value is -1.45. The number of nitrogens with one attached hydrogen (secondary N) is 1. The Morgan fingerprint density at radius 2 is 1.64 bits per heavy atom. The lowest BCUT2D eigenvalue weighted by molar-refractivity contribution is -0.125. The average molecular weight is 495 g/mol. The fourth-order valence-corrected chi connectivity index (χ4v) is 6.94. The van der Waals surface area contributed by atoms with Gasteiger partial charge in [0.2, 0.25) is 5.91 Å². The van der Waals surface area contributed by atoms with E-state index in [0.717, 1.165) is 63.0 Å². The summed E-state index contributed by atoms with van der Waals surface area (Å²) >= 11 is 0. The molecule has 1 aromatic rings. The summed E-state index contributed by atoms with van der Waals surface area (Å²) in [7, 11) is -0.440. The Morgan fingerprint density at radius 3 is 2.22 bits per heavy atom. The minimum absolute atomic E-state index is 0.0714. The number of nitrogens with zero attached hydrogens (tertiary/aromatic N) is 2. The molecule has 1 amide bonds. The third kappa shape index (κ3) is 3.55. The molecule has 1 unspecified atom stereocenters. The molecule has 0 bridgehead atoms. The Labute approximate surface area is 216 Å². The highest BCUT2D eigenvalue weighted by atomic mass is 16.7. The third-order valence-corrected chi connectivity index (χ3v) is 10.3. The molecule has 4 aliphatic heterocycles. The maximum absolute atomic E-state index is 14.2. The van der Waals surface area contributed by atoms with Crippen molar-refractivity contribution in [1.29, 1.82) is 0 Å². The maximum Gasteiger partial charge on any atom is 0.494 e. The molecule has 1 saturated carbocycles. The van der Waals surface area contributed by atoms with Gasteiger partial charge in [-0.05, 0) is 83.6 Å². The van der Waals surface area contributed by atoms with Crippen LogP contribution in [0.4, 0.5) is 5.69 Å².